The minimum Gasteiger partial charge on any atom is -0.398 e. The van der Waals surface area contributed by atoms with Crippen LogP contribution in [0.1, 0.15) is 0 Å². The Balaban J connectivity index is 2.59. The van der Waals surface area contributed by atoms with Gasteiger partial charge >= 0.3 is 0 Å². The molecule has 0 aliphatic rings. The second kappa shape index (κ2) is 5.23. The maximum Gasteiger partial charge on any atom is 0.148 e. The molecule has 0 spiro atoms. The van der Waals surface area contributed by atoms with E-state index in [4.69, 9.17) is 5.73 Å². The number of hydrogen-bond donors (Lipinski definition) is 1. The summed E-state index contributed by atoms with van der Waals surface area (Å²) in [5, 5.41) is 0. The van der Waals surface area contributed by atoms with Crippen molar-refractivity contribution in [3.63, 3.8) is 0 Å². The van der Waals surface area contributed by atoms with Gasteiger partial charge in [-0.05, 0) is 18.2 Å². The summed E-state index contributed by atoms with van der Waals surface area (Å²) in [5.41, 5.74) is 6.44. The van der Waals surface area contributed by atoms with E-state index >= 15 is 0 Å². The fraction of sp³-hybridized carbons (Fsp3) is 0.333. The highest BCUT2D eigenvalue weighted by Crippen LogP contribution is 2.27. The molecule has 0 amide bonds. The number of rotatable bonds is 4. The molecule has 0 saturated carbocycles. The number of hydrogen-bond acceptors (Lipinski definition) is 4. The monoisotopic (exact) mass is 309 g/mol. The van der Waals surface area contributed by atoms with Crippen LogP contribution in [-0.2, 0) is 9.84 Å². The van der Waals surface area contributed by atoms with Crippen LogP contribution < -0.4 is 5.73 Å². The minimum absolute atomic E-state index is 0.174. The zero-order valence-electron chi connectivity index (χ0n) is 8.23. The summed E-state index contributed by atoms with van der Waals surface area (Å²) in [4.78, 5) is 0.918. The molecule has 0 fully saturated rings. The Morgan fingerprint density at radius 3 is 2.67 bits per heavy atom. The largest absolute Gasteiger partial charge is 0.398 e. The summed E-state index contributed by atoms with van der Waals surface area (Å²) in [7, 11) is -2.89. The predicted octanol–water partition coefficient (Wildman–Crippen LogP) is 2.17. The quantitative estimate of drug-likeness (QED) is 0.684. The Bertz CT molecular complexity index is 445. The van der Waals surface area contributed by atoms with Gasteiger partial charge in [-0.25, -0.2) is 8.42 Å². The van der Waals surface area contributed by atoms with Gasteiger partial charge in [0.2, 0.25) is 0 Å². The number of nitrogens with two attached hydrogens (primary N) is 1. The van der Waals surface area contributed by atoms with E-state index in [0.717, 1.165) is 9.37 Å². The molecule has 15 heavy (non-hydrogen) atoms. The SMILES string of the molecule is CS(=O)(=O)CCSc1ccc(Br)cc1N. The van der Waals surface area contributed by atoms with Crippen LogP contribution in [0.25, 0.3) is 0 Å². The van der Waals surface area contributed by atoms with Crippen molar-refractivity contribution in [1.29, 1.82) is 0 Å². The fourth-order valence-corrected chi connectivity index (χ4v) is 3.49. The molecule has 6 heteroatoms. The molecular formula is C9H12BrNO2S2. The molecule has 84 valence electrons. The van der Waals surface area contributed by atoms with Crippen LogP contribution in [0, 0.1) is 0 Å². The van der Waals surface area contributed by atoms with E-state index in [1.165, 1.54) is 18.0 Å². The number of nitrogen functional groups attached to an aromatic ring is 1. The molecule has 0 heterocycles. The van der Waals surface area contributed by atoms with Crippen molar-refractivity contribution in [3.8, 4) is 0 Å². The topological polar surface area (TPSA) is 60.2 Å². The molecule has 3 nitrogen and oxygen atoms in total. The molecule has 0 aliphatic carbocycles. The summed E-state index contributed by atoms with van der Waals surface area (Å²) in [6.07, 6.45) is 1.23. The predicted molar refractivity (Wildman–Crippen MR) is 69.0 cm³/mol. The van der Waals surface area contributed by atoms with Crippen molar-refractivity contribution < 1.29 is 8.42 Å². The average Bonchev–Trinajstić information content (AvgIpc) is 2.07. The summed E-state index contributed by atoms with van der Waals surface area (Å²) < 4.78 is 22.7. The Labute approximate surface area is 102 Å². The van der Waals surface area contributed by atoms with Gasteiger partial charge in [0.25, 0.3) is 0 Å². The van der Waals surface area contributed by atoms with E-state index in [1.54, 1.807) is 0 Å². The van der Waals surface area contributed by atoms with Gasteiger partial charge in [-0.2, -0.15) is 0 Å². The van der Waals surface area contributed by atoms with Gasteiger partial charge in [0.15, 0.2) is 0 Å². The minimum atomic E-state index is -2.89. The van der Waals surface area contributed by atoms with Crippen LogP contribution in [0.3, 0.4) is 0 Å². The third kappa shape index (κ3) is 4.90. The lowest BCUT2D eigenvalue weighted by molar-refractivity contribution is 0.603. The molecule has 1 aromatic rings. The number of halogens is 1. The van der Waals surface area contributed by atoms with Gasteiger partial charge in [-0.1, -0.05) is 15.9 Å². The van der Waals surface area contributed by atoms with Crippen LogP contribution in [0.2, 0.25) is 0 Å². The molecule has 0 aliphatic heterocycles. The third-order valence-electron chi connectivity index (χ3n) is 1.68. The maximum atomic E-state index is 10.9. The molecule has 1 rings (SSSR count). The first-order valence-corrected chi connectivity index (χ1v) is 8.08. The van der Waals surface area contributed by atoms with Gasteiger partial charge in [-0.15, -0.1) is 11.8 Å². The van der Waals surface area contributed by atoms with Crippen LogP contribution in [0.15, 0.2) is 27.6 Å². The van der Waals surface area contributed by atoms with Crippen molar-refractivity contribution in [3.05, 3.63) is 22.7 Å². The lowest BCUT2D eigenvalue weighted by atomic mass is 10.3. The van der Waals surface area contributed by atoms with Crippen molar-refractivity contribution in [2.45, 2.75) is 4.90 Å². The maximum absolute atomic E-state index is 10.9. The molecule has 0 radical (unpaired) electrons. The Kier molecular flexibility index (Phi) is 4.48. The molecule has 2 N–H and O–H groups in total. The second-order valence-corrected chi connectivity index (χ2v) is 7.47. The standard InChI is InChI=1S/C9H12BrNO2S2/c1-15(12,13)5-4-14-9-3-2-7(10)6-8(9)11/h2-3,6H,4-5,11H2,1H3. The summed E-state index contributed by atoms with van der Waals surface area (Å²) >= 11 is 4.77. The zero-order valence-corrected chi connectivity index (χ0v) is 11.5. The van der Waals surface area contributed by atoms with Crippen LogP contribution in [-0.4, -0.2) is 26.2 Å². The lowest BCUT2D eigenvalue weighted by Gasteiger charge is -2.04. The molecule has 0 unspecified atom stereocenters. The first-order chi connectivity index (χ1) is 6.88. The molecule has 0 bridgehead atoms. The molecular weight excluding hydrogens is 298 g/mol. The number of sulfone groups is 1. The second-order valence-electron chi connectivity index (χ2n) is 3.16. The first kappa shape index (κ1) is 12.9. The van der Waals surface area contributed by atoms with E-state index in [-0.39, 0.29) is 5.75 Å². The van der Waals surface area contributed by atoms with E-state index in [2.05, 4.69) is 15.9 Å². The summed E-state index contributed by atoms with van der Waals surface area (Å²) in [6, 6.07) is 5.58. The van der Waals surface area contributed by atoms with Crippen molar-refractivity contribution >= 4 is 43.2 Å². The summed E-state index contributed by atoms with van der Waals surface area (Å²) in [6.45, 7) is 0. The van der Waals surface area contributed by atoms with Gasteiger partial charge in [-0.3, -0.25) is 0 Å². The van der Waals surface area contributed by atoms with Crippen molar-refractivity contribution in [1.82, 2.24) is 0 Å². The van der Waals surface area contributed by atoms with Gasteiger partial charge in [0.1, 0.15) is 9.84 Å². The highest BCUT2D eigenvalue weighted by Gasteiger charge is 2.04. The zero-order chi connectivity index (χ0) is 11.5. The van der Waals surface area contributed by atoms with Crippen LogP contribution >= 0.6 is 27.7 Å². The van der Waals surface area contributed by atoms with E-state index < -0.39 is 9.84 Å². The van der Waals surface area contributed by atoms with E-state index in [1.807, 2.05) is 18.2 Å². The summed E-state index contributed by atoms with van der Waals surface area (Å²) in [5.74, 6) is 0.706. The molecule has 0 saturated heterocycles. The van der Waals surface area contributed by atoms with Gasteiger partial charge in [0, 0.05) is 27.1 Å². The smallest absolute Gasteiger partial charge is 0.148 e. The number of thioether (sulfide) groups is 1. The number of benzene rings is 1. The van der Waals surface area contributed by atoms with Crippen molar-refractivity contribution in [2.75, 3.05) is 23.5 Å². The highest BCUT2D eigenvalue weighted by atomic mass is 79.9. The van der Waals surface area contributed by atoms with Crippen molar-refractivity contribution in [2.24, 2.45) is 0 Å². The highest BCUT2D eigenvalue weighted by molar-refractivity contribution is 9.10. The molecule has 0 atom stereocenters. The lowest BCUT2D eigenvalue weighted by Crippen LogP contribution is -2.05. The normalized spacial score (nSPS) is 11.6. The number of anilines is 1. The molecule has 0 aromatic heterocycles. The third-order valence-corrected chi connectivity index (χ3v) is 4.47. The Morgan fingerprint density at radius 2 is 2.13 bits per heavy atom. The van der Waals surface area contributed by atoms with E-state index in [9.17, 15) is 8.42 Å². The Hall–Kier alpha value is -0.200. The van der Waals surface area contributed by atoms with E-state index in [0.29, 0.717) is 11.4 Å². The average molecular weight is 310 g/mol. The first-order valence-electron chi connectivity index (χ1n) is 4.24. The van der Waals surface area contributed by atoms with Gasteiger partial charge in [0.05, 0.1) is 5.75 Å². The Morgan fingerprint density at radius 1 is 1.47 bits per heavy atom. The van der Waals surface area contributed by atoms with Gasteiger partial charge < -0.3 is 5.73 Å². The fourth-order valence-electron chi connectivity index (χ4n) is 0.954. The van der Waals surface area contributed by atoms with Crippen LogP contribution in [0.5, 0.6) is 0 Å². The molecule has 1 aromatic carbocycles. The van der Waals surface area contributed by atoms with Crippen LogP contribution in [0.4, 0.5) is 5.69 Å².